The molecule has 12 heteroatoms. The summed E-state index contributed by atoms with van der Waals surface area (Å²) in [6.45, 7) is -0.288. The molecule has 1 aliphatic heterocycles. The molecule has 0 saturated carbocycles. The fourth-order valence-corrected chi connectivity index (χ4v) is 5.47. The van der Waals surface area contributed by atoms with Crippen LogP contribution >= 0.6 is 0 Å². The number of aromatic nitrogens is 1. The second-order valence-electron chi connectivity index (χ2n) is 7.87. The van der Waals surface area contributed by atoms with Gasteiger partial charge in [-0.2, -0.15) is 0 Å². The van der Waals surface area contributed by atoms with E-state index in [0.717, 1.165) is 28.9 Å². The third-order valence-corrected chi connectivity index (χ3v) is 7.92. The van der Waals surface area contributed by atoms with Crippen LogP contribution in [0.3, 0.4) is 0 Å². The fraction of sp³-hybridized carbons (Fsp3) is 0.238. The zero-order valence-corrected chi connectivity index (χ0v) is 19.5. The van der Waals surface area contributed by atoms with Gasteiger partial charge in [0.15, 0.2) is 15.6 Å². The molecule has 2 aromatic carbocycles. The van der Waals surface area contributed by atoms with E-state index in [-0.39, 0.29) is 51.6 Å². The number of hydrogen-bond donors (Lipinski definition) is 1. The number of carbonyl (C=O) groups excluding carboxylic acids is 1. The molecular formula is C21H20FN3O6S2. The van der Waals surface area contributed by atoms with Crippen molar-refractivity contribution < 1.29 is 31.1 Å². The quantitative estimate of drug-likeness (QED) is 0.577. The maximum atomic E-state index is 13.7. The molecule has 1 amide bonds. The highest BCUT2D eigenvalue weighted by Crippen LogP contribution is 2.44. The summed E-state index contributed by atoms with van der Waals surface area (Å²) in [7, 11) is -6.18. The van der Waals surface area contributed by atoms with Gasteiger partial charge in [-0.25, -0.2) is 21.2 Å². The van der Waals surface area contributed by atoms with E-state index < -0.39 is 31.6 Å². The van der Waals surface area contributed by atoms with Crippen molar-refractivity contribution in [2.75, 3.05) is 23.9 Å². The first kappa shape index (κ1) is 22.9. The van der Waals surface area contributed by atoms with Crippen molar-refractivity contribution in [2.45, 2.75) is 18.0 Å². The summed E-state index contributed by atoms with van der Waals surface area (Å²) in [5, 5.41) is 11.2. The summed E-state index contributed by atoms with van der Waals surface area (Å²) in [6, 6.07) is 6.43. The van der Waals surface area contributed by atoms with E-state index in [2.05, 4.69) is 4.98 Å². The van der Waals surface area contributed by atoms with Gasteiger partial charge >= 0.3 is 0 Å². The van der Waals surface area contributed by atoms with Gasteiger partial charge in [0.1, 0.15) is 11.3 Å². The second-order valence-corrected chi connectivity index (χ2v) is 11.9. The number of hydrogen-bond acceptors (Lipinski definition) is 7. The van der Waals surface area contributed by atoms with Crippen molar-refractivity contribution in [1.29, 1.82) is 0 Å². The molecule has 1 N–H and O–H groups in total. The van der Waals surface area contributed by atoms with Gasteiger partial charge in [-0.05, 0) is 29.8 Å². The molecule has 1 aromatic heterocycles. The van der Waals surface area contributed by atoms with Crippen LogP contribution in [-0.4, -0.2) is 57.3 Å². The summed E-state index contributed by atoms with van der Waals surface area (Å²) >= 11 is 0. The molecule has 0 aliphatic carbocycles. The Kier molecular flexibility index (Phi) is 5.32. The van der Waals surface area contributed by atoms with E-state index in [9.17, 15) is 31.1 Å². The number of fused-ring (bicyclic) bond motifs is 2. The SMILES string of the molecule is CN(c1c2c(c(O)c3ncccc13)C(=O)N(Cc1ccc(F)cc1S(C)(=O)=O)C2)S(C)(=O)=O. The number of sulfone groups is 1. The van der Waals surface area contributed by atoms with Gasteiger partial charge in [-0.15, -0.1) is 0 Å². The zero-order valence-electron chi connectivity index (χ0n) is 17.9. The summed E-state index contributed by atoms with van der Waals surface area (Å²) in [5.74, 6) is -1.74. The number of carbonyl (C=O) groups is 1. The van der Waals surface area contributed by atoms with Crippen LogP contribution in [0.1, 0.15) is 21.5 Å². The molecule has 1 aliphatic rings. The molecule has 0 spiro atoms. The number of sulfonamides is 1. The Morgan fingerprint density at radius 3 is 2.52 bits per heavy atom. The molecule has 3 aromatic rings. The van der Waals surface area contributed by atoms with Gasteiger partial charge < -0.3 is 10.0 Å². The van der Waals surface area contributed by atoms with Crippen LogP contribution < -0.4 is 4.31 Å². The monoisotopic (exact) mass is 493 g/mol. The molecule has 4 rings (SSSR count). The minimum atomic E-state index is -3.79. The van der Waals surface area contributed by atoms with Crippen molar-refractivity contribution in [3.63, 3.8) is 0 Å². The number of anilines is 1. The van der Waals surface area contributed by atoms with Gasteiger partial charge in [-0.1, -0.05) is 6.07 Å². The van der Waals surface area contributed by atoms with Gasteiger partial charge in [0, 0.05) is 43.5 Å². The van der Waals surface area contributed by atoms with Crippen molar-refractivity contribution in [1.82, 2.24) is 9.88 Å². The van der Waals surface area contributed by atoms with E-state index in [1.54, 1.807) is 12.1 Å². The number of halogens is 1. The molecule has 2 heterocycles. The van der Waals surface area contributed by atoms with E-state index >= 15 is 0 Å². The number of nitrogens with zero attached hydrogens (tertiary/aromatic N) is 3. The third kappa shape index (κ3) is 3.89. The van der Waals surface area contributed by atoms with E-state index in [1.165, 1.54) is 24.2 Å². The van der Waals surface area contributed by atoms with Crippen LogP contribution in [0.2, 0.25) is 0 Å². The van der Waals surface area contributed by atoms with Crippen LogP contribution in [-0.2, 0) is 33.0 Å². The number of rotatable bonds is 5. The molecule has 0 fully saturated rings. The smallest absolute Gasteiger partial charge is 0.258 e. The Bertz CT molecular complexity index is 1540. The molecule has 0 saturated heterocycles. The Balaban J connectivity index is 1.89. The van der Waals surface area contributed by atoms with Crippen LogP contribution in [0, 0.1) is 5.82 Å². The van der Waals surface area contributed by atoms with E-state index in [1.807, 2.05) is 0 Å². The Hall–Kier alpha value is -3.25. The maximum absolute atomic E-state index is 13.7. The van der Waals surface area contributed by atoms with Crippen molar-refractivity contribution in [3.8, 4) is 5.75 Å². The predicted molar refractivity (Wildman–Crippen MR) is 120 cm³/mol. The van der Waals surface area contributed by atoms with E-state index in [0.29, 0.717) is 5.39 Å². The average molecular weight is 494 g/mol. The lowest BCUT2D eigenvalue weighted by molar-refractivity contribution is 0.0763. The predicted octanol–water partition coefficient (Wildman–Crippen LogP) is 2.03. The molecular weight excluding hydrogens is 473 g/mol. The highest BCUT2D eigenvalue weighted by atomic mass is 32.2. The molecule has 0 unspecified atom stereocenters. The topological polar surface area (TPSA) is 125 Å². The van der Waals surface area contributed by atoms with Crippen molar-refractivity contribution in [3.05, 3.63) is 59.0 Å². The average Bonchev–Trinajstić information content (AvgIpc) is 3.04. The first-order valence-corrected chi connectivity index (χ1v) is 13.4. The third-order valence-electron chi connectivity index (χ3n) is 5.56. The Morgan fingerprint density at radius 2 is 1.88 bits per heavy atom. The van der Waals surface area contributed by atoms with Crippen LogP contribution in [0.15, 0.2) is 41.4 Å². The molecule has 0 atom stereocenters. The number of benzene rings is 2. The van der Waals surface area contributed by atoms with E-state index in [4.69, 9.17) is 0 Å². The highest BCUT2D eigenvalue weighted by Gasteiger charge is 2.37. The molecule has 33 heavy (non-hydrogen) atoms. The normalized spacial score (nSPS) is 14.1. The van der Waals surface area contributed by atoms with Crippen LogP contribution in [0.4, 0.5) is 10.1 Å². The molecule has 0 radical (unpaired) electrons. The fourth-order valence-electron chi connectivity index (χ4n) is 4.00. The summed E-state index contributed by atoms with van der Waals surface area (Å²) in [6.07, 6.45) is 3.36. The molecule has 174 valence electrons. The standard InChI is InChI=1S/C21H20FN3O6S2/c1-24(33(3,30)31)19-14-5-4-8-23-18(14)20(26)17-15(19)11-25(21(17)27)10-12-6-7-13(22)9-16(12)32(2,28)29/h4-9,26H,10-11H2,1-3H3. The molecule has 9 nitrogen and oxygen atoms in total. The number of aromatic hydroxyl groups is 1. The van der Waals surface area contributed by atoms with Crippen molar-refractivity contribution in [2.24, 2.45) is 0 Å². The first-order valence-electron chi connectivity index (χ1n) is 9.65. The van der Waals surface area contributed by atoms with Crippen molar-refractivity contribution >= 4 is 42.4 Å². The molecule has 0 bridgehead atoms. The summed E-state index contributed by atoms with van der Waals surface area (Å²) in [4.78, 5) is 18.4. The first-order chi connectivity index (χ1) is 15.3. The minimum Gasteiger partial charge on any atom is -0.505 e. The lowest BCUT2D eigenvalue weighted by Crippen LogP contribution is -2.26. The van der Waals surface area contributed by atoms with Gasteiger partial charge in [0.05, 0.1) is 22.4 Å². The second kappa shape index (κ2) is 7.66. The lowest BCUT2D eigenvalue weighted by atomic mass is 10.0. The lowest BCUT2D eigenvalue weighted by Gasteiger charge is -2.22. The largest absolute Gasteiger partial charge is 0.505 e. The summed E-state index contributed by atoms with van der Waals surface area (Å²) in [5.41, 5.74) is 0.631. The van der Waals surface area contributed by atoms with Gasteiger partial charge in [0.2, 0.25) is 10.0 Å². The number of phenols is 1. The summed E-state index contributed by atoms with van der Waals surface area (Å²) < 4.78 is 63.7. The highest BCUT2D eigenvalue weighted by molar-refractivity contribution is 7.92. The number of amides is 1. The number of phenolic OH excluding ortho intramolecular Hbond substituents is 1. The number of pyridine rings is 1. The Morgan fingerprint density at radius 1 is 1.18 bits per heavy atom. The Labute approximate surface area is 190 Å². The minimum absolute atomic E-state index is 0.0653. The zero-order chi connectivity index (χ0) is 24.3. The maximum Gasteiger partial charge on any atom is 0.258 e. The van der Waals surface area contributed by atoms with Gasteiger partial charge in [-0.3, -0.25) is 14.1 Å². The van der Waals surface area contributed by atoms with Crippen LogP contribution in [0.25, 0.3) is 10.9 Å². The van der Waals surface area contributed by atoms with Crippen LogP contribution in [0.5, 0.6) is 5.75 Å². The van der Waals surface area contributed by atoms with Gasteiger partial charge in [0.25, 0.3) is 5.91 Å².